The number of pyridine rings is 1. The van der Waals surface area contributed by atoms with Gasteiger partial charge in [-0.2, -0.15) is 5.26 Å². The third kappa shape index (κ3) is 3.00. The molecule has 3 aromatic rings. The van der Waals surface area contributed by atoms with Gasteiger partial charge in [0.05, 0.1) is 12.8 Å². The van der Waals surface area contributed by atoms with Crippen molar-refractivity contribution < 1.29 is 13.5 Å². The van der Waals surface area contributed by atoms with Gasteiger partial charge in [-0.25, -0.2) is 13.8 Å². The Bertz CT molecular complexity index is 996. The summed E-state index contributed by atoms with van der Waals surface area (Å²) in [6, 6.07) is 14.2. The van der Waals surface area contributed by atoms with Gasteiger partial charge in [0.15, 0.2) is 11.6 Å². The van der Waals surface area contributed by atoms with Crippen LogP contribution in [-0.4, -0.2) is 12.1 Å². The first-order valence-electron chi connectivity index (χ1n) is 7.34. The maximum absolute atomic E-state index is 13.6. The largest absolute Gasteiger partial charge is 0.496 e. The molecule has 124 valence electrons. The molecule has 0 saturated heterocycles. The van der Waals surface area contributed by atoms with E-state index in [4.69, 9.17) is 10.5 Å². The van der Waals surface area contributed by atoms with Gasteiger partial charge in [-0.3, -0.25) is 0 Å². The lowest BCUT2D eigenvalue weighted by atomic mass is 9.98. The Hall–Kier alpha value is -3.46. The maximum atomic E-state index is 13.6. The molecular weight excluding hydrogens is 324 g/mol. The van der Waals surface area contributed by atoms with Crippen LogP contribution >= 0.6 is 0 Å². The van der Waals surface area contributed by atoms with E-state index in [1.54, 1.807) is 18.2 Å². The van der Waals surface area contributed by atoms with Crippen molar-refractivity contribution in [3.8, 4) is 34.2 Å². The summed E-state index contributed by atoms with van der Waals surface area (Å²) in [5.74, 6) is -1.38. The van der Waals surface area contributed by atoms with Crippen molar-refractivity contribution in [2.75, 3.05) is 12.8 Å². The third-order valence-electron chi connectivity index (χ3n) is 3.77. The Morgan fingerprint density at radius 2 is 1.80 bits per heavy atom. The molecule has 6 heteroatoms. The number of nitrogens with zero attached hydrogens (tertiary/aromatic N) is 2. The molecule has 25 heavy (non-hydrogen) atoms. The van der Waals surface area contributed by atoms with Crippen LogP contribution in [0.25, 0.3) is 22.4 Å². The van der Waals surface area contributed by atoms with E-state index in [0.29, 0.717) is 28.1 Å². The summed E-state index contributed by atoms with van der Waals surface area (Å²) in [4.78, 5) is 4.26. The molecule has 2 N–H and O–H groups in total. The number of anilines is 1. The van der Waals surface area contributed by atoms with Crippen molar-refractivity contribution in [3.63, 3.8) is 0 Å². The van der Waals surface area contributed by atoms with Crippen LogP contribution in [0.2, 0.25) is 0 Å². The molecule has 1 heterocycles. The highest BCUT2D eigenvalue weighted by atomic mass is 19.2. The van der Waals surface area contributed by atoms with Gasteiger partial charge in [0.1, 0.15) is 23.2 Å². The van der Waals surface area contributed by atoms with Crippen LogP contribution < -0.4 is 10.5 Å². The van der Waals surface area contributed by atoms with Gasteiger partial charge in [-0.05, 0) is 35.9 Å². The molecule has 0 amide bonds. The normalized spacial score (nSPS) is 10.3. The summed E-state index contributed by atoms with van der Waals surface area (Å²) >= 11 is 0. The number of methoxy groups -OCH3 is 1. The molecule has 0 aliphatic heterocycles. The van der Waals surface area contributed by atoms with E-state index in [-0.39, 0.29) is 11.4 Å². The van der Waals surface area contributed by atoms with Gasteiger partial charge in [-0.15, -0.1) is 0 Å². The number of nitrogen functional groups attached to an aromatic ring is 1. The number of para-hydroxylation sites is 1. The van der Waals surface area contributed by atoms with Crippen LogP contribution in [0.3, 0.4) is 0 Å². The molecule has 0 atom stereocenters. The van der Waals surface area contributed by atoms with E-state index >= 15 is 0 Å². The van der Waals surface area contributed by atoms with Gasteiger partial charge >= 0.3 is 0 Å². The second-order valence-electron chi connectivity index (χ2n) is 5.26. The summed E-state index contributed by atoms with van der Waals surface area (Å²) in [5.41, 5.74) is 7.87. The fourth-order valence-corrected chi connectivity index (χ4v) is 2.57. The molecular formula is C19H13F2N3O. The van der Waals surface area contributed by atoms with E-state index < -0.39 is 11.6 Å². The zero-order chi connectivity index (χ0) is 18.0. The van der Waals surface area contributed by atoms with Gasteiger partial charge in [0.2, 0.25) is 0 Å². The lowest BCUT2D eigenvalue weighted by molar-refractivity contribution is 0.416. The second-order valence-corrected chi connectivity index (χ2v) is 5.26. The number of hydrogen-bond acceptors (Lipinski definition) is 4. The number of halogens is 2. The monoisotopic (exact) mass is 337 g/mol. The van der Waals surface area contributed by atoms with Gasteiger partial charge < -0.3 is 10.5 Å². The quantitative estimate of drug-likeness (QED) is 0.779. The van der Waals surface area contributed by atoms with Crippen molar-refractivity contribution in [2.45, 2.75) is 0 Å². The van der Waals surface area contributed by atoms with Crippen molar-refractivity contribution in [3.05, 3.63) is 65.7 Å². The summed E-state index contributed by atoms with van der Waals surface area (Å²) in [5, 5.41) is 9.38. The SMILES string of the molecule is COc1ccccc1-c1cc(-c2ccc(F)c(F)c2)c(C#N)c(N)n1. The Kier molecular flexibility index (Phi) is 4.31. The van der Waals surface area contributed by atoms with Gasteiger partial charge in [-0.1, -0.05) is 18.2 Å². The maximum Gasteiger partial charge on any atom is 0.159 e. The minimum absolute atomic E-state index is 0.00522. The van der Waals surface area contributed by atoms with E-state index in [1.807, 2.05) is 18.2 Å². The lowest BCUT2D eigenvalue weighted by Crippen LogP contribution is -2.01. The summed E-state index contributed by atoms with van der Waals surface area (Å²) in [6.45, 7) is 0. The average Bonchev–Trinajstić information content (AvgIpc) is 2.63. The van der Waals surface area contributed by atoms with Crippen LogP contribution in [0.15, 0.2) is 48.5 Å². The predicted molar refractivity (Wildman–Crippen MR) is 90.7 cm³/mol. The van der Waals surface area contributed by atoms with E-state index in [2.05, 4.69) is 4.98 Å². The van der Waals surface area contributed by atoms with Crippen molar-refractivity contribution in [1.29, 1.82) is 5.26 Å². The lowest BCUT2D eigenvalue weighted by Gasteiger charge is -2.12. The highest BCUT2D eigenvalue weighted by molar-refractivity contribution is 5.81. The number of benzene rings is 2. The first-order chi connectivity index (χ1) is 12.0. The highest BCUT2D eigenvalue weighted by Gasteiger charge is 2.16. The van der Waals surface area contributed by atoms with Crippen LogP contribution in [0.5, 0.6) is 5.75 Å². The zero-order valence-electron chi connectivity index (χ0n) is 13.3. The molecule has 3 rings (SSSR count). The molecule has 0 fully saturated rings. The highest BCUT2D eigenvalue weighted by Crippen LogP contribution is 2.35. The average molecular weight is 337 g/mol. The Balaban J connectivity index is 2.26. The number of nitrogens with two attached hydrogens (primary N) is 1. The van der Waals surface area contributed by atoms with Crippen LogP contribution in [-0.2, 0) is 0 Å². The molecule has 0 saturated carbocycles. The zero-order valence-corrected chi connectivity index (χ0v) is 13.3. The molecule has 2 aromatic carbocycles. The first-order valence-corrected chi connectivity index (χ1v) is 7.34. The van der Waals surface area contributed by atoms with Crippen molar-refractivity contribution in [1.82, 2.24) is 4.98 Å². The predicted octanol–water partition coefficient (Wildman–Crippen LogP) is 4.16. The minimum Gasteiger partial charge on any atom is -0.496 e. The van der Waals surface area contributed by atoms with Gasteiger partial charge in [0.25, 0.3) is 0 Å². The molecule has 0 aliphatic carbocycles. The van der Waals surface area contributed by atoms with Crippen molar-refractivity contribution in [2.24, 2.45) is 0 Å². The molecule has 4 nitrogen and oxygen atoms in total. The Labute approximate surface area is 143 Å². The number of nitriles is 1. The second kappa shape index (κ2) is 6.57. The number of rotatable bonds is 3. The summed E-state index contributed by atoms with van der Waals surface area (Å²) < 4.78 is 32.2. The molecule has 0 aliphatic rings. The molecule has 0 radical (unpaired) electrons. The topological polar surface area (TPSA) is 71.9 Å². The Morgan fingerprint density at radius 1 is 1.04 bits per heavy atom. The fraction of sp³-hybridized carbons (Fsp3) is 0.0526. The van der Waals surface area contributed by atoms with E-state index in [0.717, 1.165) is 12.1 Å². The number of hydrogen-bond donors (Lipinski definition) is 1. The molecule has 0 spiro atoms. The standard InChI is InChI=1S/C19H13F2N3O/c1-25-18-5-3-2-4-12(18)17-9-13(14(10-22)19(23)24-17)11-6-7-15(20)16(21)8-11/h2-9H,1H3,(H2,23,24). The van der Waals surface area contributed by atoms with E-state index in [1.165, 1.54) is 13.2 Å². The Morgan fingerprint density at radius 3 is 2.48 bits per heavy atom. The fourth-order valence-electron chi connectivity index (χ4n) is 2.57. The van der Waals surface area contributed by atoms with E-state index in [9.17, 15) is 14.0 Å². The molecule has 0 unspecified atom stereocenters. The van der Waals surface area contributed by atoms with Gasteiger partial charge in [0, 0.05) is 11.1 Å². The van der Waals surface area contributed by atoms with Crippen molar-refractivity contribution >= 4 is 5.82 Å². The first kappa shape index (κ1) is 16.4. The van der Waals surface area contributed by atoms with Crippen LogP contribution in [0, 0.1) is 23.0 Å². The summed E-state index contributed by atoms with van der Waals surface area (Å²) in [7, 11) is 1.53. The molecule has 1 aromatic heterocycles. The van der Waals surface area contributed by atoms with Crippen LogP contribution in [0.1, 0.15) is 5.56 Å². The smallest absolute Gasteiger partial charge is 0.159 e. The number of aromatic nitrogens is 1. The number of ether oxygens (including phenoxy) is 1. The third-order valence-corrected chi connectivity index (χ3v) is 3.77. The molecule has 0 bridgehead atoms. The summed E-state index contributed by atoms with van der Waals surface area (Å²) in [6.07, 6.45) is 0. The minimum atomic E-state index is -1.00. The van der Waals surface area contributed by atoms with Crippen LogP contribution in [0.4, 0.5) is 14.6 Å².